The molecule has 1 saturated heterocycles. The summed E-state index contributed by atoms with van der Waals surface area (Å²) in [5.74, 6) is 0. The van der Waals surface area contributed by atoms with E-state index in [1.165, 1.54) is 29.5 Å². The number of halogens is 5. The van der Waals surface area contributed by atoms with E-state index in [4.69, 9.17) is 23.2 Å². The first-order chi connectivity index (χ1) is 13.2. The number of alkyl halides is 3. The quantitative estimate of drug-likeness (QED) is 0.455. The Morgan fingerprint density at radius 3 is 2.54 bits per heavy atom. The van der Waals surface area contributed by atoms with E-state index in [1.54, 1.807) is 23.1 Å². The Balaban J connectivity index is 1.76. The molecule has 1 unspecified atom stereocenters. The third kappa shape index (κ3) is 3.15. The van der Waals surface area contributed by atoms with Gasteiger partial charge >= 0.3 is 6.18 Å². The average Bonchev–Trinajstić information content (AvgIpc) is 3.25. The number of hydrogen-bond donors (Lipinski definition) is 0. The van der Waals surface area contributed by atoms with Gasteiger partial charge in [-0.15, -0.1) is 0 Å². The highest BCUT2D eigenvalue weighted by Crippen LogP contribution is 2.50. The Morgan fingerprint density at radius 2 is 1.89 bits per heavy atom. The Hall–Kier alpha value is -1.83. The number of carbonyl (C=O) groups is 1. The van der Waals surface area contributed by atoms with Crippen molar-refractivity contribution in [3.63, 3.8) is 0 Å². The van der Waals surface area contributed by atoms with Crippen LogP contribution in [-0.2, 0) is 5.41 Å². The lowest BCUT2D eigenvalue weighted by molar-refractivity contribution is -0.184. The number of nitrogens with zero attached hydrogens (tertiary/aromatic N) is 2. The number of aromatic nitrogens is 1. The summed E-state index contributed by atoms with van der Waals surface area (Å²) in [6, 6.07) is 9.17. The Bertz CT molecular complexity index is 1050. The second-order valence-corrected chi connectivity index (χ2v) is 8.57. The maximum absolute atomic E-state index is 14.2. The van der Waals surface area contributed by atoms with Crippen LogP contribution in [0.5, 0.6) is 0 Å². The fourth-order valence-electron chi connectivity index (χ4n) is 3.62. The van der Waals surface area contributed by atoms with Crippen molar-refractivity contribution in [2.24, 2.45) is 0 Å². The second kappa shape index (κ2) is 6.90. The van der Waals surface area contributed by atoms with Crippen LogP contribution in [0.2, 0.25) is 10.0 Å². The van der Waals surface area contributed by atoms with E-state index < -0.39 is 11.6 Å². The third-order valence-electron chi connectivity index (χ3n) is 5.06. The molecule has 0 radical (unpaired) electrons. The van der Waals surface area contributed by atoms with E-state index in [-0.39, 0.29) is 35.1 Å². The number of thiazole rings is 1. The molecule has 2 aromatic carbocycles. The number of fused-ring (bicyclic) bond motifs is 1. The van der Waals surface area contributed by atoms with E-state index in [2.05, 4.69) is 4.98 Å². The van der Waals surface area contributed by atoms with Gasteiger partial charge in [0.05, 0.1) is 10.2 Å². The molecule has 0 amide bonds. The van der Waals surface area contributed by atoms with Crippen LogP contribution >= 0.6 is 34.5 Å². The Labute approximate surface area is 172 Å². The van der Waals surface area contributed by atoms with Crippen molar-refractivity contribution < 1.29 is 18.0 Å². The fourth-order valence-corrected chi connectivity index (χ4v) is 5.21. The zero-order chi connectivity index (χ0) is 20.1. The number of carbonyl (C=O) groups excluding carboxylic acids is 1. The van der Waals surface area contributed by atoms with E-state index >= 15 is 0 Å². The van der Waals surface area contributed by atoms with Gasteiger partial charge in [-0.3, -0.25) is 4.79 Å². The SMILES string of the molecule is O=Cc1cccc2nc(N3CCC(c4cc(Cl)cc(Cl)c4)(C(F)(F)F)C3)sc12. The summed E-state index contributed by atoms with van der Waals surface area (Å²) >= 11 is 13.2. The molecule has 0 aliphatic carbocycles. The standard InChI is InChI=1S/C19H13Cl2F3N2OS/c20-13-6-12(7-14(21)8-13)18(19(22,23)24)4-5-26(10-18)17-25-15-3-1-2-11(9-27)16(15)28-17/h1-3,6-9H,4-5,10H2. The Kier molecular flexibility index (Phi) is 4.80. The van der Waals surface area contributed by atoms with Crippen LogP contribution in [0.25, 0.3) is 10.2 Å². The number of aldehydes is 1. The molecule has 2 heterocycles. The van der Waals surface area contributed by atoms with Gasteiger partial charge in [0.1, 0.15) is 5.41 Å². The first-order valence-corrected chi connectivity index (χ1v) is 9.94. The molecule has 1 atom stereocenters. The highest BCUT2D eigenvalue weighted by molar-refractivity contribution is 7.22. The Morgan fingerprint density at radius 1 is 1.18 bits per heavy atom. The topological polar surface area (TPSA) is 33.2 Å². The molecule has 4 rings (SSSR count). The van der Waals surface area contributed by atoms with Crippen LogP contribution in [0.3, 0.4) is 0 Å². The van der Waals surface area contributed by atoms with Gasteiger partial charge in [0, 0.05) is 28.7 Å². The zero-order valence-corrected chi connectivity index (χ0v) is 16.6. The van der Waals surface area contributed by atoms with Crippen LogP contribution in [0.4, 0.5) is 18.3 Å². The molecule has 0 N–H and O–H groups in total. The van der Waals surface area contributed by atoms with E-state index in [9.17, 15) is 18.0 Å². The van der Waals surface area contributed by atoms with E-state index in [0.29, 0.717) is 20.9 Å². The number of hydrogen-bond acceptors (Lipinski definition) is 4. The van der Waals surface area contributed by atoms with Crippen molar-refractivity contribution in [1.82, 2.24) is 4.98 Å². The molecular formula is C19H13Cl2F3N2OS. The molecule has 3 aromatic rings. The maximum atomic E-state index is 14.2. The molecular weight excluding hydrogens is 432 g/mol. The average molecular weight is 445 g/mol. The largest absolute Gasteiger partial charge is 0.400 e. The van der Waals surface area contributed by atoms with Crippen LogP contribution in [0.15, 0.2) is 36.4 Å². The summed E-state index contributed by atoms with van der Waals surface area (Å²) in [7, 11) is 0. The van der Waals surface area contributed by atoms with Crippen LogP contribution in [-0.4, -0.2) is 30.5 Å². The summed E-state index contributed by atoms with van der Waals surface area (Å²) in [6.07, 6.45) is -3.90. The second-order valence-electron chi connectivity index (χ2n) is 6.72. The lowest BCUT2D eigenvalue weighted by atomic mass is 9.79. The van der Waals surface area contributed by atoms with Crippen molar-refractivity contribution in [3.05, 3.63) is 57.6 Å². The van der Waals surface area contributed by atoms with Gasteiger partial charge in [0.2, 0.25) is 0 Å². The van der Waals surface area contributed by atoms with Gasteiger partial charge < -0.3 is 4.90 Å². The highest BCUT2D eigenvalue weighted by Gasteiger charge is 2.59. The molecule has 1 aliphatic rings. The molecule has 3 nitrogen and oxygen atoms in total. The third-order valence-corrected chi connectivity index (χ3v) is 6.68. The monoisotopic (exact) mass is 444 g/mol. The smallest absolute Gasteiger partial charge is 0.347 e. The lowest BCUT2D eigenvalue weighted by Gasteiger charge is -2.32. The van der Waals surface area contributed by atoms with Crippen LogP contribution < -0.4 is 4.90 Å². The van der Waals surface area contributed by atoms with Crippen molar-refractivity contribution in [2.75, 3.05) is 18.0 Å². The molecule has 1 aliphatic heterocycles. The molecule has 0 saturated carbocycles. The minimum atomic E-state index is -4.49. The van der Waals surface area contributed by atoms with Gasteiger partial charge in [0.25, 0.3) is 0 Å². The molecule has 0 bridgehead atoms. The first kappa shape index (κ1) is 19.5. The highest BCUT2D eigenvalue weighted by atomic mass is 35.5. The fraction of sp³-hybridized carbons (Fsp3) is 0.263. The minimum absolute atomic E-state index is 0.0506. The van der Waals surface area contributed by atoms with E-state index in [1.807, 2.05) is 0 Å². The summed E-state index contributed by atoms with van der Waals surface area (Å²) < 4.78 is 43.3. The van der Waals surface area contributed by atoms with Crippen molar-refractivity contribution in [2.45, 2.75) is 18.0 Å². The number of rotatable bonds is 3. The number of anilines is 1. The maximum Gasteiger partial charge on any atom is 0.400 e. The minimum Gasteiger partial charge on any atom is -0.347 e. The van der Waals surface area contributed by atoms with Crippen molar-refractivity contribution in [3.8, 4) is 0 Å². The predicted molar refractivity (Wildman–Crippen MR) is 106 cm³/mol. The molecule has 0 spiro atoms. The van der Waals surface area contributed by atoms with Crippen molar-refractivity contribution in [1.29, 1.82) is 0 Å². The lowest BCUT2D eigenvalue weighted by Crippen LogP contribution is -2.44. The van der Waals surface area contributed by atoms with E-state index in [0.717, 1.165) is 6.29 Å². The van der Waals surface area contributed by atoms with Gasteiger partial charge in [-0.2, -0.15) is 13.2 Å². The summed E-state index contributed by atoms with van der Waals surface area (Å²) in [5.41, 5.74) is -0.967. The number of benzene rings is 2. The normalized spacial score (nSPS) is 20.1. The predicted octanol–water partition coefficient (Wildman–Crippen LogP) is 6.13. The zero-order valence-electron chi connectivity index (χ0n) is 14.3. The molecule has 1 aromatic heterocycles. The van der Waals surface area contributed by atoms with Gasteiger partial charge in [-0.25, -0.2) is 4.98 Å². The first-order valence-electron chi connectivity index (χ1n) is 8.36. The molecule has 1 fully saturated rings. The van der Waals surface area contributed by atoms with Gasteiger partial charge in [-0.1, -0.05) is 46.7 Å². The molecule has 146 valence electrons. The summed E-state index contributed by atoms with van der Waals surface area (Å²) in [6.45, 7) is -0.108. The van der Waals surface area contributed by atoms with Crippen molar-refractivity contribution >= 4 is 56.2 Å². The molecule has 28 heavy (non-hydrogen) atoms. The molecule has 9 heteroatoms. The van der Waals surface area contributed by atoms with Crippen LogP contribution in [0, 0.1) is 0 Å². The van der Waals surface area contributed by atoms with Gasteiger partial charge in [-0.05, 0) is 36.2 Å². The summed E-state index contributed by atoms with van der Waals surface area (Å²) in [5, 5.41) is 0.795. The van der Waals surface area contributed by atoms with Gasteiger partial charge in [0.15, 0.2) is 11.4 Å². The summed E-state index contributed by atoms with van der Waals surface area (Å²) in [4.78, 5) is 17.3. The van der Waals surface area contributed by atoms with Crippen LogP contribution in [0.1, 0.15) is 22.3 Å².